The quantitative estimate of drug-likeness (QED) is 0.405. The van der Waals surface area contributed by atoms with Crippen LogP contribution in [0.15, 0.2) is 48.8 Å². The van der Waals surface area contributed by atoms with Gasteiger partial charge in [0.15, 0.2) is 12.4 Å². The molecule has 0 unspecified atom stereocenters. The molecule has 0 amide bonds. The summed E-state index contributed by atoms with van der Waals surface area (Å²) in [7, 11) is 0. The van der Waals surface area contributed by atoms with Gasteiger partial charge in [-0.05, 0) is 29.7 Å². The minimum Gasteiger partial charge on any atom is -0.548 e. The highest BCUT2D eigenvalue weighted by atomic mass is 16.4. The van der Waals surface area contributed by atoms with Crippen molar-refractivity contribution in [2.45, 2.75) is 45.6 Å². The van der Waals surface area contributed by atoms with E-state index in [0.29, 0.717) is 5.69 Å². The van der Waals surface area contributed by atoms with E-state index in [4.69, 9.17) is 5.11 Å². The van der Waals surface area contributed by atoms with Crippen LogP contribution < -0.4 is 14.6 Å². The molecule has 0 bridgehead atoms. The third-order valence-electron chi connectivity index (χ3n) is 4.81. The summed E-state index contributed by atoms with van der Waals surface area (Å²) < 4.78 is 2.20. The maximum absolute atomic E-state index is 10.9. The van der Waals surface area contributed by atoms with Crippen LogP contribution in [0.1, 0.15) is 50.2 Å². The molecule has 1 N–H and O–H groups in total. The molecule has 6 heteroatoms. The van der Waals surface area contributed by atoms with Crippen LogP contribution in [0.25, 0.3) is 12.2 Å². The van der Waals surface area contributed by atoms with Gasteiger partial charge in [0.2, 0.25) is 0 Å². The van der Waals surface area contributed by atoms with Crippen molar-refractivity contribution < 1.29 is 24.4 Å². The molecule has 2 aromatic rings. The number of benzene rings is 1. The van der Waals surface area contributed by atoms with Crippen LogP contribution in [-0.2, 0) is 16.1 Å². The third kappa shape index (κ3) is 8.47. The van der Waals surface area contributed by atoms with Crippen molar-refractivity contribution in [2.75, 3.05) is 18.0 Å². The number of carbonyl (C=O) groups is 2. The Morgan fingerprint density at radius 3 is 2.10 bits per heavy atom. The van der Waals surface area contributed by atoms with Crippen LogP contribution in [0.5, 0.6) is 0 Å². The molecule has 1 heterocycles. The number of anilines is 1. The van der Waals surface area contributed by atoms with Gasteiger partial charge in [-0.1, -0.05) is 50.5 Å². The Hall–Kier alpha value is -3.15. The Bertz CT molecular complexity index is 813. The second-order valence-electron chi connectivity index (χ2n) is 7.33. The van der Waals surface area contributed by atoms with Gasteiger partial charge in [-0.2, -0.15) is 0 Å². The minimum absolute atomic E-state index is 0.397. The SMILES string of the molecule is CCCCCCC[n+]1ccc(/C=C\c2ccc(N(CC(=O)[O-])CC(=O)O)cc2)cc1. The van der Waals surface area contributed by atoms with Crippen molar-refractivity contribution in [2.24, 2.45) is 0 Å². The molecule has 0 aliphatic carbocycles. The van der Waals surface area contributed by atoms with Gasteiger partial charge in [0, 0.05) is 24.2 Å². The summed E-state index contributed by atoms with van der Waals surface area (Å²) in [6.45, 7) is 2.39. The number of carboxylic acids is 2. The first kappa shape index (κ1) is 23.1. The predicted molar refractivity (Wildman–Crippen MR) is 116 cm³/mol. The number of rotatable bonds is 13. The number of aromatic nitrogens is 1. The summed E-state index contributed by atoms with van der Waals surface area (Å²) in [6.07, 6.45) is 14.5. The fourth-order valence-electron chi connectivity index (χ4n) is 3.17. The van der Waals surface area contributed by atoms with Crippen LogP contribution in [0, 0.1) is 0 Å². The summed E-state index contributed by atoms with van der Waals surface area (Å²) in [4.78, 5) is 23.1. The van der Waals surface area contributed by atoms with E-state index in [2.05, 4.69) is 36.0 Å². The summed E-state index contributed by atoms with van der Waals surface area (Å²) in [5, 5.41) is 19.8. The lowest BCUT2D eigenvalue weighted by Gasteiger charge is -2.23. The van der Waals surface area contributed by atoms with Crippen molar-refractivity contribution in [1.29, 1.82) is 0 Å². The number of aryl methyl sites for hydroxylation is 1. The first-order valence-corrected chi connectivity index (χ1v) is 10.4. The molecule has 30 heavy (non-hydrogen) atoms. The summed E-state index contributed by atoms with van der Waals surface area (Å²) in [6, 6.07) is 11.2. The Morgan fingerprint density at radius 2 is 1.53 bits per heavy atom. The summed E-state index contributed by atoms with van der Waals surface area (Å²) >= 11 is 0. The third-order valence-corrected chi connectivity index (χ3v) is 4.81. The summed E-state index contributed by atoms with van der Waals surface area (Å²) in [5.41, 5.74) is 2.55. The van der Waals surface area contributed by atoms with Crippen molar-refractivity contribution in [1.82, 2.24) is 0 Å². The van der Waals surface area contributed by atoms with Crippen LogP contribution >= 0.6 is 0 Å². The second-order valence-corrected chi connectivity index (χ2v) is 7.33. The van der Waals surface area contributed by atoms with Gasteiger partial charge < -0.3 is 19.9 Å². The fourth-order valence-corrected chi connectivity index (χ4v) is 3.17. The van der Waals surface area contributed by atoms with E-state index in [0.717, 1.165) is 17.7 Å². The molecule has 0 saturated heterocycles. The zero-order chi connectivity index (χ0) is 21.8. The molecule has 0 atom stereocenters. The van der Waals surface area contributed by atoms with Gasteiger partial charge in [0.25, 0.3) is 0 Å². The molecule has 0 aliphatic heterocycles. The molecule has 0 aliphatic rings. The Balaban J connectivity index is 1.92. The van der Waals surface area contributed by atoms with E-state index in [1.54, 1.807) is 12.1 Å². The van der Waals surface area contributed by atoms with Gasteiger partial charge in [-0.3, -0.25) is 4.79 Å². The lowest BCUT2D eigenvalue weighted by molar-refractivity contribution is -0.697. The maximum Gasteiger partial charge on any atom is 0.323 e. The normalized spacial score (nSPS) is 11.0. The second kappa shape index (κ2) is 12.4. The molecule has 0 saturated carbocycles. The number of carboxylic acid groups (broad SMARTS) is 2. The average molecular weight is 411 g/mol. The molecule has 1 aromatic heterocycles. The molecular formula is C24H30N2O4. The van der Waals surface area contributed by atoms with Crippen molar-refractivity contribution in [3.8, 4) is 0 Å². The largest absolute Gasteiger partial charge is 0.548 e. The van der Waals surface area contributed by atoms with Crippen LogP contribution in [0.4, 0.5) is 5.69 Å². The van der Waals surface area contributed by atoms with E-state index in [1.165, 1.54) is 37.0 Å². The van der Waals surface area contributed by atoms with Gasteiger partial charge in [0.1, 0.15) is 13.1 Å². The van der Waals surface area contributed by atoms with E-state index in [9.17, 15) is 14.7 Å². The van der Waals surface area contributed by atoms with Crippen LogP contribution in [0.2, 0.25) is 0 Å². The Labute approximate surface area is 178 Å². The van der Waals surface area contributed by atoms with E-state index < -0.39 is 25.0 Å². The molecule has 0 spiro atoms. The zero-order valence-electron chi connectivity index (χ0n) is 17.5. The lowest BCUT2D eigenvalue weighted by Crippen LogP contribution is -2.40. The highest BCUT2D eigenvalue weighted by Crippen LogP contribution is 2.16. The van der Waals surface area contributed by atoms with Gasteiger partial charge in [-0.15, -0.1) is 0 Å². The van der Waals surface area contributed by atoms with Gasteiger partial charge in [-0.25, -0.2) is 4.57 Å². The van der Waals surface area contributed by atoms with E-state index in [1.807, 2.05) is 24.3 Å². The predicted octanol–water partition coefficient (Wildman–Crippen LogP) is 2.76. The Morgan fingerprint density at radius 1 is 0.933 bits per heavy atom. The lowest BCUT2D eigenvalue weighted by atomic mass is 10.1. The van der Waals surface area contributed by atoms with E-state index in [-0.39, 0.29) is 0 Å². The van der Waals surface area contributed by atoms with Crippen molar-refractivity contribution in [3.05, 3.63) is 59.9 Å². The van der Waals surface area contributed by atoms with Gasteiger partial charge in [0.05, 0.1) is 12.5 Å². The molecule has 1 aromatic carbocycles. The maximum atomic E-state index is 10.9. The molecule has 6 nitrogen and oxygen atoms in total. The smallest absolute Gasteiger partial charge is 0.323 e. The van der Waals surface area contributed by atoms with E-state index >= 15 is 0 Å². The number of hydrogen-bond donors (Lipinski definition) is 1. The van der Waals surface area contributed by atoms with Gasteiger partial charge >= 0.3 is 5.97 Å². The molecule has 2 rings (SSSR count). The van der Waals surface area contributed by atoms with Crippen LogP contribution in [-0.4, -0.2) is 30.1 Å². The molecule has 0 fully saturated rings. The number of pyridine rings is 1. The van der Waals surface area contributed by atoms with Crippen molar-refractivity contribution in [3.63, 3.8) is 0 Å². The highest BCUT2D eigenvalue weighted by molar-refractivity contribution is 5.79. The number of nitrogens with zero attached hydrogens (tertiary/aromatic N) is 2. The van der Waals surface area contributed by atoms with Crippen LogP contribution in [0.3, 0.4) is 0 Å². The number of carbonyl (C=O) groups excluding carboxylic acids is 1. The molecular weight excluding hydrogens is 380 g/mol. The topological polar surface area (TPSA) is 84.5 Å². The standard InChI is InChI=1S/C24H30N2O4/c1-2-3-4-5-6-15-25-16-13-21(14-17-25)8-7-20-9-11-22(12-10-20)26(18-23(27)28)19-24(29)30/h7-14,16-17H,2-6,15,18-19H2,1H3,(H-,27,28,29,30). The average Bonchev–Trinajstić information content (AvgIpc) is 2.72. The highest BCUT2D eigenvalue weighted by Gasteiger charge is 2.10. The number of aliphatic carboxylic acids is 2. The molecule has 0 radical (unpaired) electrons. The minimum atomic E-state index is -1.32. The Kier molecular flexibility index (Phi) is 9.58. The number of unbranched alkanes of at least 4 members (excludes halogenated alkanes) is 4. The summed E-state index contributed by atoms with van der Waals surface area (Å²) in [5.74, 6) is -2.41. The monoisotopic (exact) mass is 410 g/mol. The first-order valence-electron chi connectivity index (χ1n) is 10.4. The fraction of sp³-hybridized carbons (Fsp3) is 0.375. The number of hydrogen-bond acceptors (Lipinski definition) is 4. The first-order chi connectivity index (χ1) is 14.5. The molecule has 160 valence electrons. The zero-order valence-corrected chi connectivity index (χ0v) is 17.5. The van der Waals surface area contributed by atoms with Crippen molar-refractivity contribution >= 4 is 29.8 Å².